The van der Waals surface area contributed by atoms with Crippen LogP contribution in [0.2, 0.25) is 0 Å². The Morgan fingerprint density at radius 2 is 1.93 bits per heavy atom. The highest BCUT2D eigenvalue weighted by Crippen LogP contribution is 2.27. The molecule has 0 aliphatic rings. The topological polar surface area (TPSA) is 77.1 Å². The summed E-state index contributed by atoms with van der Waals surface area (Å²) >= 11 is 1.53. The summed E-state index contributed by atoms with van der Waals surface area (Å²) in [4.78, 5) is 29.8. The van der Waals surface area contributed by atoms with Gasteiger partial charge in [-0.25, -0.2) is 4.98 Å². The summed E-state index contributed by atoms with van der Waals surface area (Å²) in [6, 6.07) is 15.4. The smallest absolute Gasteiger partial charge is 0.291 e. The Bertz CT molecular complexity index is 1180. The highest BCUT2D eigenvalue weighted by atomic mass is 32.2. The number of nitrogens with one attached hydrogen (secondary N) is 1. The molecule has 27 heavy (non-hydrogen) atoms. The number of hydrogen-bond acceptors (Lipinski definition) is 5. The molecule has 6 nitrogen and oxygen atoms in total. The average molecular weight is 377 g/mol. The molecule has 0 saturated heterocycles. The number of benzene rings is 2. The molecule has 1 N–H and O–H groups in total. The third kappa shape index (κ3) is 3.63. The normalized spacial score (nSPS) is 10.9. The number of nitrogens with zero attached hydrogens (tertiary/aromatic N) is 2. The third-order valence-corrected chi connectivity index (χ3v) is 5.04. The van der Waals surface area contributed by atoms with Crippen LogP contribution in [0.25, 0.3) is 11.0 Å². The number of hydrogen-bond donors (Lipinski definition) is 1. The van der Waals surface area contributed by atoms with Gasteiger partial charge in [-0.2, -0.15) is 0 Å². The summed E-state index contributed by atoms with van der Waals surface area (Å²) in [7, 11) is 1.93. The van der Waals surface area contributed by atoms with E-state index in [9.17, 15) is 9.59 Å². The second-order valence-electron chi connectivity index (χ2n) is 5.87. The van der Waals surface area contributed by atoms with Gasteiger partial charge in [0.2, 0.25) is 0 Å². The molecule has 134 valence electrons. The van der Waals surface area contributed by atoms with Crippen LogP contribution < -0.4 is 10.7 Å². The lowest BCUT2D eigenvalue weighted by Crippen LogP contribution is -2.14. The van der Waals surface area contributed by atoms with Gasteiger partial charge >= 0.3 is 0 Å². The van der Waals surface area contributed by atoms with E-state index in [0.29, 0.717) is 16.7 Å². The van der Waals surface area contributed by atoms with Gasteiger partial charge in [0, 0.05) is 36.1 Å². The summed E-state index contributed by atoms with van der Waals surface area (Å²) in [6.45, 7) is 0. The first kappa shape index (κ1) is 17.1. The fraction of sp³-hybridized carbons (Fsp3) is 0.0500. The van der Waals surface area contributed by atoms with Gasteiger partial charge in [0.15, 0.2) is 16.3 Å². The average Bonchev–Trinajstić information content (AvgIpc) is 3.08. The van der Waals surface area contributed by atoms with Crippen molar-refractivity contribution in [3.63, 3.8) is 0 Å². The summed E-state index contributed by atoms with van der Waals surface area (Å²) in [5.41, 5.74) is 0.751. The number of anilines is 1. The number of para-hydroxylation sites is 1. The quantitative estimate of drug-likeness (QED) is 0.583. The molecule has 0 bridgehead atoms. The number of aryl methyl sites for hydroxylation is 1. The van der Waals surface area contributed by atoms with Crippen molar-refractivity contribution < 1.29 is 9.21 Å². The minimum Gasteiger partial charge on any atom is -0.451 e. The van der Waals surface area contributed by atoms with Gasteiger partial charge in [-0.1, -0.05) is 23.9 Å². The van der Waals surface area contributed by atoms with Crippen LogP contribution in [0.5, 0.6) is 0 Å². The SMILES string of the molecule is Cn1ccnc1Sc1ccc(NC(=O)c2cc(=O)c3ccccc3o2)cc1. The second-order valence-corrected chi connectivity index (χ2v) is 6.91. The van der Waals surface area contributed by atoms with E-state index in [0.717, 1.165) is 10.1 Å². The van der Waals surface area contributed by atoms with Gasteiger partial charge < -0.3 is 14.3 Å². The van der Waals surface area contributed by atoms with Crippen LogP contribution in [0.1, 0.15) is 10.6 Å². The molecule has 0 aliphatic heterocycles. The minimum atomic E-state index is -0.470. The van der Waals surface area contributed by atoms with E-state index in [4.69, 9.17) is 4.42 Å². The van der Waals surface area contributed by atoms with Crippen LogP contribution in [0.4, 0.5) is 5.69 Å². The first-order chi connectivity index (χ1) is 13.1. The number of carbonyl (C=O) groups excluding carboxylic acids is 1. The third-order valence-electron chi connectivity index (χ3n) is 3.96. The molecule has 0 unspecified atom stereocenters. The Morgan fingerprint density at radius 1 is 1.15 bits per heavy atom. The van der Waals surface area contributed by atoms with E-state index in [-0.39, 0.29) is 11.2 Å². The van der Waals surface area contributed by atoms with E-state index < -0.39 is 5.91 Å². The Morgan fingerprint density at radius 3 is 2.67 bits per heavy atom. The van der Waals surface area contributed by atoms with Crippen molar-refractivity contribution in [1.82, 2.24) is 9.55 Å². The number of fused-ring (bicyclic) bond motifs is 1. The van der Waals surface area contributed by atoms with Gasteiger partial charge in [-0.05, 0) is 36.4 Å². The Kier molecular flexibility index (Phi) is 4.52. The Hall–Kier alpha value is -3.32. The second kappa shape index (κ2) is 7.13. The highest BCUT2D eigenvalue weighted by Gasteiger charge is 2.12. The Labute approximate surface area is 158 Å². The zero-order chi connectivity index (χ0) is 18.8. The van der Waals surface area contributed by atoms with Crippen molar-refractivity contribution in [1.29, 1.82) is 0 Å². The molecule has 2 aromatic heterocycles. The van der Waals surface area contributed by atoms with E-state index in [2.05, 4.69) is 10.3 Å². The molecular weight excluding hydrogens is 362 g/mol. The minimum absolute atomic E-state index is 0.0230. The van der Waals surface area contributed by atoms with Crippen LogP contribution in [-0.2, 0) is 7.05 Å². The lowest BCUT2D eigenvalue weighted by molar-refractivity contribution is 0.0997. The Balaban J connectivity index is 1.51. The fourth-order valence-electron chi connectivity index (χ4n) is 2.57. The number of amides is 1. The summed E-state index contributed by atoms with van der Waals surface area (Å²) < 4.78 is 7.49. The molecule has 1 amide bonds. The number of aromatic nitrogens is 2. The van der Waals surface area contributed by atoms with Crippen molar-refractivity contribution in [3.05, 3.63) is 83.0 Å². The molecular formula is C20H15N3O3S. The molecule has 0 spiro atoms. The van der Waals surface area contributed by atoms with Crippen LogP contribution in [0, 0.1) is 0 Å². The number of imidazole rings is 1. The molecule has 7 heteroatoms. The van der Waals surface area contributed by atoms with E-state index >= 15 is 0 Å². The van der Waals surface area contributed by atoms with Gasteiger partial charge in [0.1, 0.15) is 5.58 Å². The van der Waals surface area contributed by atoms with E-state index in [1.165, 1.54) is 17.8 Å². The molecule has 4 rings (SSSR count). The lowest BCUT2D eigenvalue weighted by Gasteiger charge is -2.07. The lowest BCUT2D eigenvalue weighted by atomic mass is 10.2. The monoisotopic (exact) mass is 377 g/mol. The zero-order valence-corrected chi connectivity index (χ0v) is 15.2. The standard InChI is InChI=1S/C20H15N3O3S/c1-23-11-10-21-20(23)27-14-8-6-13(7-9-14)22-19(25)18-12-16(24)15-4-2-3-5-17(15)26-18/h2-12H,1H3,(H,22,25). The zero-order valence-electron chi connectivity index (χ0n) is 14.4. The maximum Gasteiger partial charge on any atom is 0.291 e. The van der Waals surface area contributed by atoms with Crippen LogP contribution in [0.15, 0.2) is 86.3 Å². The van der Waals surface area contributed by atoms with E-state index in [1.54, 1.807) is 42.6 Å². The molecule has 2 aromatic carbocycles. The number of carbonyl (C=O) groups is 1. The number of rotatable bonds is 4. The first-order valence-corrected chi connectivity index (χ1v) is 9.01. The molecule has 0 radical (unpaired) electrons. The van der Waals surface area contributed by atoms with Crippen molar-refractivity contribution in [2.45, 2.75) is 10.1 Å². The van der Waals surface area contributed by atoms with Gasteiger partial charge in [0.25, 0.3) is 5.91 Å². The highest BCUT2D eigenvalue weighted by molar-refractivity contribution is 7.99. The van der Waals surface area contributed by atoms with Crippen molar-refractivity contribution in [2.75, 3.05) is 5.32 Å². The van der Waals surface area contributed by atoms with Crippen LogP contribution in [-0.4, -0.2) is 15.5 Å². The summed E-state index contributed by atoms with van der Waals surface area (Å²) in [6.07, 6.45) is 3.63. The summed E-state index contributed by atoms with van der Waals surface area (Å²) in [5, 5.41) is 4.07. The van der Waals surface area contributed by atoms with Crippen molar-refractivity contribution in [3.8, 4) is 0 Å². The van der Waals surface area contributed by atoms with Crippen LogP contribution in [0.3, 0.4) is 0 Å². The molecule has 0 atom stereocenters. The maximum absolute atomic E-state index is 12.4. The van der Waals surface area contributed by atoms with Gasteiger partial charge in [-0.15, -0.1) is 0 Å². The largest absolute Gasteiger partial charge is 0.451 e. The van der Waals surface area contributed by atoms with Crippen molar-refractivity contribution in [2.24, 2.45) is 7.05 Å². The molecule has 0 aliphatic carbocycles. The van der Waals surface area contributed by atoms with Crippen LogP contribution >= 0.6 is 11.8 Å². The molecule has 4 aromatic rings. The first-order valence-electron chi connectivity index (χ1n) is 8.19. The fourth-order valence-corrected chi connectivity index (χ4v) is 3.37. The molecule has 2 heterocycles. The molecule has 0 fully saturated rings. The summed E-state index contributed by atoms with van der Waals surface area (Å²) in [5.74, 6) is -0.493. The predicted molar refractivity (Wildman–Crippen MR) is 104 cm³/mol. The predicted octanol–water partition coefficient (Wildman–Crippen LogP) is 3.93. The van der Waals surface area contributed by atoms with Gasteiger partial charge in [-0.3, -0.25) is 9.59 Å². The van der Waals surface area contributed by atoms with Gasteiger partial charge in [0.05, 0.1) is 5.39 Å². The maximum atomic E-state index is 12.4. The van der Waals surface area contributed by atoms with E-state index in [1.807, 2.05) is 29.9 Å². The van der Waals surface area contributed by atoms with Crippen molar-refractivity contribution >= 4 is 34.3 Å². The molecule has 0 saturated carbocycles.